The first kappa shape index (κ1) is 25.6. The van der Waals surface area contributed by atoms with E-state index in [9.17, 15) is 37.0 Å². The summed E-state index contributed by atoms with van der Waals surface area (Å²) in [7, 11) is 0. The van der Waals surface area contributed by atoms with Gasteiger partial charge in [0, 0.05) is 16.9 Å². The molecular weight excluding hydrogens is 479 g/mol. The number of aliphatic hydroxyl groups is 2. The fourth-order valence-electron chi connectivity index (χ4n) is 7.81. The number of carbonyl (C=O) groups is 1. The fourth-order valence-corrected chi connectivity index (χ4v) is 7.81. The molecule has 8 heteroatoms. The third-order valence-electron chi connectivity index (χ3n) is 9.61. The molecule has 196 valence electrons. The third-order valence-corrected chi connectivity index (χ3v) is 9.61. The summed E-state index contributed by atoms with van der Waals surface area (Å²) in [6.07, 6.45) is 0.0655. The van der Waals surface area contributed by atoms with Crippen molar-refractivity contribution >= 4 is 5.78 Å². The van der Waals surface area contributed by atoms with E-state index in [4.69, 9.17) is 0 Å². The Balaban J connectivity index is 1.66. The van der Waals surface area contributed by atoms with Crippen LogP contribution in [0.15, 0.2) is 47.1 Å². The van der Waals surface area contributed by atoms with E-state index in [0.717, 1.165) is 36.8 Å². The molecule has 0 bridgehead atoms. The minimum Gasteiger partial charge on any atom is -0.388 e. The van der Waals surface area contributed by atoms with Gasteiger partial charge < -0.3 is 10.2 Å². The number of carbonyl (C=O) groups excluding carboxylic acids is 1. The molecule has 0 unspecified atom stereocenters. The zero-order chi connectivity index (χ0) is 26.1. The highest BCUT2D eigenvalue weighted by Gasteiger charge is 2.79. The largest absolute Gasteiger partial charge is 0.456 e. The van der Waals surface area contributed by atoms with Crippen molar-refractivity contribution in [3.63, 3.8) is 0 Å². The number of fused-ring (bicyclic) bond motifs is 4. The van der Waals surface area contributed by atoms with Gasteiger partial charge in [0.25, 0.3) is 0 Å². The molecule has 2 saturated carbocycles. The van der Waals surface area contributed by atoms with Crippen LogP contribution in [-0.4, -0.2) is 40.3 Å². The average molecular weight is 511 g/mol. The molecule has 5 atom stereocenters. The summed E-state index contributed by atoms with van der Waals surface area (Å²) in [6.45, 7) is 0.780. The highest BCUT2D eigenvalue weighted by atomic mass is 19.4. The number of hydrogen-bond donors (Lipinski definition) is 2. The van der Waals surface area contributed by atoms with Gasteiger partial charge in [-0.1, -0.05) is 42.8 Å². The average Bonchev–Trinajstić information content (AvgIpc) is 3.14. The lowest BCUT2D eigenvalue weighted by Gasteiger charge is -2.56. The number of halogens is 5. The van der Waals surface area contributed by atoms with Crippen molar-refractivity contribution in [1.29, 1.82) is 0 Å². The number of ketones is 1. The molecule has 4 aliphatic carbocycles. The van der Waals surface area contributed by atoms with Crippen molar-refractivity contribution in [2.45, 2.75) is 81.9 Å². The van der Waals surface area contributed by atoms with Crippen molar-refractivity contribution in [2.75, 3.05) is 6.61 Å². The Morgan fingerprint density at radius 1 is 1.08 bits per heavy atom. The van der Waals surface area contributed by atoms with Crippen LogP contribution in [0.4, 0.5) is 22.0 Å². The number of alkyl halides is 5. The van der Waals surface area contributed by atoms with Gasteiger partial charge in [-0.15, -0.1) is 0 Å². The minimum atomic E-state index is -5.86. The molecule has 1 aromatic carbocycles. The van der Waals surface area contributed by atoms with Crippen molar-refractivity contribution in [2.24, 2.45) is 17.3 Å². The van der Waals surface area contributed by atoms with Crippen molar-refractivity contribution in [3.8, 4) is 0 Å². The van der Waals surface area contributed by atoms with Gasteiger partial charge in [-0.25, -0.2) is 0 Å². The number of aliphatic hydroxyl groups excluding tert-OH is 1. The summed E-state index contributed by atoms with van der Waals surface area (Å²) in [6, 6.07) is 6.54. The molecule has 0 saturated heterocycles. The second-order valence-corrected chi connectivity index (χ2v) is 11.2. The van der Waals surface area contributed by atoms with E-state index < -0.39 is 53.8 Å². The van der Waals surface area contributed by atoms with Gasteiger partial charge in [-0.2, -0.15) is 22.0 Å². The van der Waals surface area contributed by atoms with Crippen molar-refractivity contribution in [3.05, 3.63) is 58.2 Å². The first-order valence-electron chi connectivity index (χ1n) is 12.7. The molecule has 0 aromatic heterocycles. The van der Waals surface area contributed by atoms with Crippen LogP contribution in [0.25, 0.3) is 0 Å². The number of allylic oxidation sites excluding steroid dienone is 4. The zero-order valence-electron chi connectivity index (χ0n) is 20.2. The SMILES string of the molecule is C[C@]12C[C@H](c3ccc(C(=O)CO)cc3)C3=C4CCCC=C4CC[C@H]3[C@@H]1CC[C@@]2(O)C(F)(F)C(F)(F)F. The van der Waals surface area contributed by atoms with E-state index >= 15 is 0 Å². The van der Waals surface area contributed by atoms with Crippen LogP contribution in [0, 0.1) is 17.3 Å². The predicted molar refractivity (Wildman–Crippen MR) is 124 cm³/mol. The molecule has 5 rings (SSSR count). The number of rotatable bonds is 4. The lowest BCUT2D eigenvalue weighted by Crippen LogP contribution is -2.65. The first-order chi connectivity index (χ1) is 16.9. The Labute approximate surface area is 207 Å². The summed E-state index contributed by atoms with van der Waals surface area (Å²) in [5, 5.41) is 20.4. The van der Waals surface area contributed by atoms with Gasteiger partial charge in [0.05, 0.1) is 0 Å². The monoisotopic (exact) mass is 510 g/mol. The van der Waals surface area contributed by atoms with Gasteiger partial charge in [0.15, 0.2) is 5.78 Å². The highest BCUT2D eigenvalue weighted by Crippen LogP contribution is 2.70. The van der Waals surface area contributed by atoms with Crippen LogP contribution in [0.2, 0.25) is 0 Å². The molecule has 3 nitrogen and oxygen atoms in total. The maximum absolute atomic E-state index is 15.0. The lowest BCUT2D eigenvalue weighted by atomic mass is 9.50. The maximum atomic E-state index is 15.0. The smallest absolute Gasteiger partial charge is 0.388 e. The molecule has 0 spiro atoms. The summed E-state index contributed by atoms with van der Waals surface area (Å²) in [5.74, 6) is -6.80. The van der Waals surface area contributed by atoms with Crippen LogP contribution in [0.5, 0.6) is 0 Å². The molecule has 1 aromatic rings. The van der Waals surface area contributed by atoms with Gasteiger partial charge >= 0.3 is 12.1 Å². The zero-order valence-corrected chi connectivity index (χ0v) is 20.2. The van der Waals surface area contributed by atoms with Crippen molar-refractivity contribution < 1.29 is 37.0 Å². The van der Waals surface area contributed by atoms with E-state index in [2.05, 4.69) is 6.08 Å². The standard InChI is InChI=1S/C28H31F5O3/c1-25-14-21(17-6-8-18(9-7-17)23(35)15-34)24-19-5-3-2-4-16(19)10-11-20(24)22(25)12-13-26(25,36)27(29,30)28(31,32)33/h4,6-9,20-22,34,36H,2-3,5,10-15H2,1H3/t20-,21+,22-,25-,26-/m0/s1. The molecule has 0 aliphatic heterocycles. The van der Waals surface area contributed by atoms with E-state index in [0.29, 0.717) is 12.0 Å². The van der Waals surface area contributed by atoms with Gasteiger partial charge in [0.2, 0.25) is 0 Å². The summed E-state index contributed by atoms with van der Waals surface area (Å²) < 4.78 is 70.8. The fraction of sp³-hybridized carbons (Fsp3) is 0.607. The third kappa shape index (κ3) is 3.46. The quantitative estimate of drug-likeness (QED) is 0.359. The van der Waals surface area contributed by atoms with E-state index in [1.807, 2.05) is 0 Å². The number of hydrogen-bond acceptors (Lipinski definition) is 3. The molecule has 2 N–H and O–H groups in total. The second-order valence-electron chi connectivity index (χ2n) is 11.2. The summed E-state index contributed by atoms with van der Waals surface area (Å²) >= 11 is 0. The molecule has 2 fully saturated rings. The van der Waals surface area contributed by atoms with E-state index in [1.165, 1.54) is 18.1 Å². The van der Waals surface area contributed by atoms with Crippen LogP contribution < -0.4 is 0 Å². The van der Waals surface area contributed by atoms with Crippen LogP contribution in [0.1, 0.15) is 80.1 Å². The Bertz CT molecular complexity index is 1120. The maximum Gasteiger partial charge on any atom is 0.456 e. The van der Waals surface area contributed by atoms with E-state index in [-0.39, 0.29) is 18.8 Å². The van der Waals surface area contributed by atoms with Crippen LogP contribution >= 0.6 is 0 Å². The van der Waals surface area contributed by atoms with Crippen LogP contribution in [0.3, 0.4) is 0 Å². The summed E-state index contributed by atoms with van der Waals surface area (Å²) in [4.78, 5) is 11.9. The van der Waals surface area contributed by atoms with Crippen molar-refractivity contribution in [1.82, 2.24) is 0 Å². The molecular formula is C28H31F5O3. The minimum absolute atomic E-state index is 0.0320. The Morgan fingerprint density at radius 3 is 2.42 bits per heavy atom. The molecule has 0 heterocycles. The Kier molecular flexibility index (Phi) is 6.03. The normalized spacial score (nSPS) is 34.6. The van der Waals surface area contributed by atoms with Gasteiger partial charge in [-0.3, -0.25) is 4.79 Å². The number of Topliss-reactive ketones (excluding diaryl/α,β-unsaturated/α-hetero) is 1. The second kappa shape index (κ2) is 8.48. The van der Waals surface area contributed by atoms with Gasteiger partial charge in [-0.05, 0) is 79.9 Å². The first-order valence-corrected chi connectivity index (χ1v) is 12.7. The van der Waals surface area contributed by atoms with E-state index in [1.54, 1.807) is 24.3 Å². The van der Waals surface area contributed by atoms with Gasteiger partial charge in [0.1, 0.15) is 12.2 Å². The predicted octanol–water partition coefficient (Wildman–Crippen LogP) is 6.51. The molecule has 0 radical (unpaired) electrons. The molecule has 36 heavy (non-hydrogen) atoms. The Hall–Kier alpha value is -2.06. The number of benzene rings is 1. The lowest BCUT2D eigenvalue weighted by molar-refractivity contribution is -0.362. The molecule has 0 amide bonds. The highest BCUT2D eigenvalue weighted by molar-refractivity contribution is 5.96. The molecule has 4 aliphatic rings. The van der Waals surface area contributed by atoms with Crippen LogP contribution in [-0.2, 0) is 0 Å². The Morgan fingerprint density at radius 2 is 1.78 bits per heavy atom. The summed E-state index contributed by atoms with van der Waals surface area (Å²) in [5.41, 5.74) is -0.241. The topological polar surface area (TPSA) is 57.5 Å².